The monoisotopic (exact) mass is 323 g/mol. The number of nitrogens with one attached hydrogen (secondary N) is 1. The number of hydrogen-bond donors (Lipinski definition) is 1. The zero-order valence-electron chi connectivity index (χ0n) is 12.2. The lowest BCUT2D eigenvalue weighted by molar-refractivity contribution is 0.102. The van der Waals surface area contributed by atoms with Gasteiger partial charge in [-0.1, -0.05) is 23.7 Å². The zero-order valence-corrected chi connectivity index (χ0v) is 13.0. The first-order valence-corrected chi connectivity index (χ1v) is 7.49. The minimum absolute atomic E-state index is 0.212. The number of pyridine rings is 2. The predicted octanol–water partition coefficient (Wildman–Crippen LogP) is 3.97. The third kappa shape index (κ3) is 4.14. The number of carbonyl (C=O) groups excluding carboxylic acids is 1. The van der Waals surface area contributed by atoms with E-state index in [1.807, 2.05) is 36.4 Å². The normalized spacial score (nSPS) is 10.3. The Morgan fingerprint density at radius 3 is 2.35 bits per heavy atom. The molecule has 1 N–H and O–H groups in total. The standard InChI is InChI=1S/C18H14ClN3O/c19-17-12-15(7-10-21-17)18(23)22-16-3-1-13(2-4-16)11-14-5-8-20-9-6-14/h1-10,12H,11H2,(H,22,23). The lowest BCUT2D eigenvalue weighted by Gasteiger charge is -2.07. The SMILES string of the molecule is O=C(Nc1ccc(Cc2ccncc2)cc1)c1ccnc(Cl)c1. The average Bonchev–Trinajstić information content (AvgIpc) is 2.57. The average molecular weight is 324 g/mol. The van der Waals surface area contributed by atoms with Crippen molar-refractivity contribution < 1.29 is 4.79 Å². The van der Waals surface area contributed by atoms with E-state index in [1.165, 1.54) is 23.4 Å². The molecule has 0 radical (unpaired) electrons. The van der Waals surface area contributed by atoms with Gasteiger partial charge in [0.1, 0.15) is 5.15 Å². The highest BCUT2D eigenvalue weighted by Gasteiger charge is 2.07. The Bertz CT molecular complexity index is 804. The second-order valence-electron chi connectivity index (χ2n) is 5.05. The molecular formula is C18H14ClN3O. The van der Waals surface area contributed by atoms with Gasteiger partial charge in [0.2, 0.25) is 0 Å². The van der Waals surface area contributed by atoms with Crippen molar-refractivity contribution in [1.29, 1.82) is 0 Å². The summed E-state index contributed by atoms with van der Waals surface area (Å²) in [6, 6.07) is 14.9. The van der Waals surface area contributed by atoms with Crippen molar-refractivity contribution in [3.05, 3.63) is 89.0 Å². The number of hydrogen-bond acceptors (Lipinski definition) is 3. The molecule has 2 aromatic heterocycles. The number of rotatable bonds is 4. The second-order valence-corrected chi connectivity index (χ2v) is 5.44. The van der Waals surface area contributed by atoms with E-state index >= 15 is 0 Å². The molecule has 4 nitrogen and oxygen atoms in total. The molecule has 0 spiro atoms. The molecule has 0 saturated heterocycles. The summed E-state index contributed by atoms with van der Waals surface area (Å²) in [7, 11) is 0. The van der Waals surface area contributed by atoms with Crippen LogP contribution < -0.4 is 5.32 Å². The Morgan fingerprint density at radius 2 is 1.65 bits per heavy atom. The van der Waals surface area contributed by atoms with E-state index in [1.54, 1.807) is 18.5 Å². The van der Waals surface area contributed by atoms with Crippen LogP contribution in [0, 0.1) is 0 Å². The lowest BCUT2D eigenvalue weighted by Crippen LogP contribution is -2.11. The van der Waals surface area contributed by atoms with Crippen LogP contribution >= 0.6 is 11.6 Å². The number of anilines is 1. The van der Waals surface area contributed by atoms with Gasteiger partial charge in [0.05, 0.1) is 0 Å². The van der Waals surface area contributed by atoms with Crippen molar-refractivity contribution in [3.8, 4) is 0 Å². The summed E-state index contributed by atoms with van der Waals surface area (Å²) in [5, 5.41) is 3.14. The van der Waals surface area contributed by atoms with Crippen LogP contribution in [-0.4, -0.2) is 15.9 Å². The van der Waals surface area contributed by atoms with Crippen molar-refractivity contribution in [2.45, 2.75) is 6.42 Å². The summed E-state index contributed by atoms with van der Waals surface area (Å²) >= 11 is 5.79. The Morgan fingerprint density at radius 1 is 0.957 bits per heavy atom. The topological polar surface area (TPSA) is 54.9 Å². The summed E-state index contributed by atoms with van der Waals surface area (Å²) < 4.78 is 0. The largest absolute Gasteiger partial charge is 0.322 e. The van der Waals surface area contributed by atoms with Crippen LogP contribution in [-0.2, 0) is 6.42 Å². The van der Waals surface area contributed by atoms with Gasteiger partial charge in [0, 0.05) is 29.8 Å². The Hall–Kier alpha value is -2.72. The molecule has 0 aliphatic carbocycles. The van der Waals surface area contributed by atoms with Gasteiger partial charge in [-0.05, 0) is 53.9 Å². The number of amides is 1. The molecule has 0 bridgehead atoms. The predicted molar refractivity (Wildman–Crippen MR) is 90.7 cm³/mol. The first kappa shape index (κ1) is 15.2. The summed E-state index contributed by atoms with van der Waals surface area (Å²) in [6.07, 6.45) is 5.90. The molecular weight excluding hydrogens is 310 g/mol. The number of halogens is 1. The number of carbonyl (C=O) groups is 1. The third-order valence-corrected chi connectivity index (χ3v) is 3.56. The Kier molecular flexibility index (Phi) is 4.64. The first-order chi connectivity index (χ1) is 11.2. The molecule has 3 rings (SSSR count). The van der Waals surface area contributed by atoms with Gasteiger partial charge in [-0.2, -0.15) is 0 Å². The molecule has 0 fully saturated rings. The highest BCUT2D eigenvalue weighted by atomic mass is 35.5. The Balaban J connectivity index is 1.67. The van der Waals surface area contributed by atoms with Crippen molar-refractivity contribution in [3.63, 3.8) is 0 Å². The summed E-state index contributed by atoms with van der Waals surface area (Å²) in [4.78, 5) is 20.0. The van der Waals surface area contributed by atoms with Crippen LogP contribution in [0.25, 0.3) is 0 Å². The van der Waals surface area contributed by atoms with Gasteiger partial charge in [0.15, 0.2) is 0 Å². The molecule has 3 aromatic rings. The maximum absolute atomic E-state index is 12.1. The highest BCUT2D eigenvalue weighted by molar-refractivity contribution is 6.29. The van der Waals surface area contributed by atoms with E-state index in [2.05, 4.69) is 15.3 Å². The van der Waals surface area contributed by atoms with Crippen LogP contribution in [0.1, 0.15) is 21.5 Å². The quantitative estimate of drug-likeness (QED) is 0.739. The third-order valence-electron chi connectivity index (χ3n) is 3.36. The van der Waals surface area contributed by atoms with Crippen LogP contribution in [0.5, 0.6) is 0 Å². The summed E-state index contributed by atoms with van der Waals surface area (Å²) in [5.74, 6) is -0.212. The van der Waals surface area contributed by atoms with Crippen molar-refractivity contribution in [2.75, 3.05) is 5.32 Å². The number of benzene rings is 1. The molecule has 1 amide bonds. The van der Waals surface area contributed by atoms with E-state index < -0.39 is 0 Å². The fraction of sp³-hybridized carbons (Fsp3) is 0.0556. The molecule has 0 atom stereocenters. The smallest absolute Gasteiger partial charge is 0.255 e. The van der Waals surface area contributed by atoms with Gasteiger partial charge >= 0.3 is 0 Å². The second kappa shape index (κ2) is 7.03. The van der Waals surface area contributed by atoms with Gasteiger partial charge in [0.25, 0.3) is 5.91 Å². The lowest BCUT2D eigenvalue weighted by atomic mass is 10.1. The van der Waals surface area contributed by atoms with E-state index in [9.17, 15) is 4.79 Å². The summed E-state index contributed by atoms with van der Waals surface area (Å²) in [6.45, 7) is 0. The van der Waals surface area contributed by atoms with E-state index in [0.717, 1.165) is 12.1 Å². The molecule has 114 valence electrons. The summed E-state index contributed by atoms with van der Waals surface area (Å²) in [5.41, 5.74) is 3.58. The molecule has 0 unspecified atom stereocenters. The van der Waals surface area contributed by atoms with Crippen LogP contribution in [0.3, 0.4) is 0 Å². The van der Waals surface area contributed by atoms with E-state index in [-0.39, 0.29) is 5.91 Å². The highest BCUT2D eigenvalue weighted by Crippen LogP contribution is 2.15. The maximum atomic E-state index is 12.1. The minimum Gasteiger partial charge on any atom is -0.322 e. The van der Waals surface area contributed by atoms with Crippen molar-refractivity contribution in [2.24, 2.45) is 0 Å². The fourth-order valence-corrected chi connectivity index (χ4v) is 2.36. The minimum atomic E-state index is -0.212. The number of nitrogens with zero attached hydrogens (tertiary/aromatic N) is 2. The van der Waals surface area contributed by atoms with Crippen molar-refractivity contribution >= 4 is 23.2 Å². The van der Waals surface area contributed by atoms with Gasteiger partial charge in [-0.3, -0.25) is 9.78 Å². The molecule has 0 aliphatic rings. The zero-order chi connectivity index (χ0) is 16.1. The molecule has 2 heterocycles. The first-order valence-electron chi connectivity index (χ1n) is 7.11. The van der Waals surface area contributed by atoms with Gasteiger partial charge < -0.3 is 5.32 Å². The number of aromatic nitrogens is 2. The molecule has 0 aliphatic heterocycles. The molecule has 0 saturated carbocycles. The molecule has 1 aromatic carbocycles. The van der Waals surface area contributed by atoms with Crippen LogP contribution in [0.2, 0.25) is 5.15 Å². The molecule has 5 heteroatoms. The van der Waals surface area contributed by atoms with Crippen molar-refractivity contribution in [1.82, 2.24) is 9.97 Å². The fourth-order valence-electron chi connectivity index (χ4n) is 2.19. The van der Waals surface area contributed by atoms with Crippen LogP contribution in [0.15, 0.2) is 67.1 Å². The Labute approximate surface area is 139 Å². The molecule has 23 heavy (non-hydrogen) atoms. The van der Waals surface area contributed by atoms with Gasteiger partial charge in [-0.25, -0.2) is 4.98 Å². The van der Waals surface area contributed by atoms with Gasteiger partial charge in [-0.15, -0.1) is 0 Å². The maximum Gasteiger partial charge on any atom is 0.255 e. The van der Waals surface area contributed by atoms with E-state index in [4.69, 9.17) is 11.6 Å². The van der Waals surface area contributed by atoms with Crippen LogP contribution in [0.4, 0.5) is 5.69 Å². The van der Waals surface area contributed by atoms with E-state index in [0.29, 0.717) is 10.7 Å².